The minimum atomic E-state index is -4.32. The van der Waals surface area contributed by atoms with Crippen molar-refractivity contribution in [2.75, 3.05) is 26.4 Å². The average Bonchev–Trinajstić information content (AvgIpc) is 2.80. The van der Waals surface area contributed by atoms with E-state index in [0.29, 0.717) is 6.42 Å². The van der Waals surface area contributed by atoms with Crippen molar-refractivity contribution in [1.82, 2.24) is 0 Å². The van der Waals surface area contributed by atoms with Crippen molar-refractivity contribution >= 4 is 19.8 Å². The summed E-state index contributed by atoms with van der Waals surface area (Å²) in [5.74, 6) is -0.928. The quantitative estimate of drug-likeness (QED) is 0.114. The predicted octanol–water partition coefficient (Wildman–Crippen LogP) is 5.03. The summed E-state index contributed by atoms with van der Waals surface area (Å²) in [6.45, 7) is 3.08. The van der Waals surface area contributed by atoms with Crippen molar-refractivity contribution in [2.24, 2.45) is 5.73 Å². The van der Waals surface area contributed by atoms with E-state index in [2.05, 4.69) is 11.4 Å². The molecular weight excluding hydrogens is 449 g/mol. The van der Waals surface area contributed by atoms with E-state index in [9.17, 15) is 19.0 Å². The number of hydrogen-bond donors (Lipinski definition) is 2. The lowest BCUT2D eigenvalue weighted by Gasteiger charge is -2.19. The van der Waals surface area contributed by atoms with Gasteiger partial charge in [-0.3, -0.25) is 18.6 Å². The van der Waals surface area contributed by atoms with Gasteiger partial charge in [0.05, 0.1) is 13.2 Å². The highest BCUT2D eigenvalue weighted by atomic mass is 31.2. The predicted molar refractivity (Wildman–Crippen MR) is 128 cm³/mol. The van der Waals surface area contributed by atoms with Gasteiger partial charge in [0.2, 0.25) is 0 Å². The van der Waals surface area contributed by atoms with E-state index >= 15 is 0 Å². The van der Waals surface area contributed by atoms with Gasteiger partial charge in [-0.2, -0.15) is 0 Å². The zero-order valence-electron chi connectivity index (χ0n) is 20.6. The largest absolute Gasteiger partial charge is 0.472 e. The smallest absolute Gasteiger partial charge is 0.462 e. The van der Waals surface area contributed by atoms with Crippen molar-refractivity contribution in [2.45, 2.75) is 110 Å². The van der Waals surface area contributed by atoms with E-state index < -0.39 is 32.5 Å². The topological polar surface area (TPSA) is 134 Å². The van der Waals surface area contributed by atoms with Crippen LogP contribution in [-0.2, 0) is 32.7 Å². The van der Waals surface area contributed by atoms with E-state index in [1.807, 2.05) is 0 Å². The second kappa shape index (κ2) is 21.5. The first-order chi connectivity index (χ1) is 15.8. The summed E-state index contributed by atoms with van der Waals surface area (Å²) in [4.78, 5) is 33.1. The lowest BCUT2D eigenvalue weighted by Crippen LogP contribution is -2.29. The molecule has 2 atom stereocenters. The summed E-state index contributed by atoms with van der Waals surface area (Å²) < 4.78 is 31.5. The number of nitrogens with two attached hydrogens (primary N) is 1. The molecule has 0 aromatic rings. The van der Waals surface area contributed by atoms with Crippen LogP contribution < -0.4 is 5.73 Å². The van der Waals surface area contributed by atoms with Crippen LogP contribution >= 0.6 is 7.82 Å². The zero-order chi connectivity index (χ0) is 24.8. The van der Waals surface area contributed by atoms with Crippen molar-refractivity contribution < 1.29 is 37.6 Å². The molecule has 0 heterocycles. The molecule has 0 aromatic heterocycles. The number of unbranched alkanes of at least 4 members (excludes halogenated alkanes) is 11. The maximum absolute atomic E-state index is 12.1. The summed E-state index contributed by atoms with van der Waals surface area (Å²) in [6, 6.07) is 0. The van der Waals surface area contributed by atoms with Gasteiger partial charge in [0, 0.05) is 19.4 Å². The zero-order valence-corrected chi connectivity index (χ0v) is 21.5. The van der Waals surface area contributed by atoms with Gasteiger partial charge in [-0.1, -0.05) is 84.5 Å². The molecule has 0 spiro atoms. The second-order valence-electron chi connectivity index (χ2n) is 8.17. The third-order valence-corrected chi connectivity index (χ3v) is 6.03. The van der Waals surface area contributed by atoms with E-state index in [4.69, 9.17) is 19.7 Å². The third-order valence-electron chi connectivity index (χ3n) is 5.05. The number of phosphoric acid groups is 1. The van der Waals surface area contributed by atoms with Gasteiger partial charge in [-0.25, -0.2) is 4.57 Å². The second-order valence-corrected chi connectivity index (χ2v) is 9.63. The minimum absolute atomic E-state index is 0.0550. The summed E-state index contributed by atoms with van der Waals surface area (Å²) in [7, 11) is -4.32. The van der Waals surface area contributed by atoms with E-state index in [1.165, 1.54) is 57.8 Å². The Morgan fingerprint density at radius 3 is 1.88 bits per heavy atom. The van der Waals surface area contributed by atoms with E-state index in [1.54, 1.807) is 6.92 Å². The number of rotatable bonds is 23. The highest BCUT2D eigenvalue weighted by Crippen LogP contribution is 2.43. The molecule has 0 radical (unpaired) electrons. The number of hydrogen-bond acceptors (Lipinski definition) is 8. The van der Waals surface area contributed by atoms with Gasteiger partial charge >= 0.3 is 19.8 Å². The molecule has 0 aromatic carbocycles. The van der Waals surface area contributed by atoms with Gasteiger partial charge in [0.25, 0.3) is 0 Å². The van der Waals surface area contributed by atoms with Crippen molar-refractivity contribution in [3.05, 3.63) is 0 Å². The van der Waals surface area contributed by atoms with Gasteiger partial charge in [0.1, 0.15) is 6.61 Å². The highest BCUT2D eigenvalue weighted by molar-refractivity contribution is 7.47. The van der Waals surface area contributed by atoms with Crippen LogP contribution in [0.2, 0.25) is 0 Å². The Balaban J connectivity index is 4.06. The average molecular weight is 496 g/mol. The lowest BCUT2D eigenvalue weighted by molar-refractivity contribution is -0.161. The first-order valence-corrected chi connectivity index (χ1v) is 14.0. The molecule has 33 heavy (non-hydrogen) atoms. The molecule has 10 heteroatoms. The van der Waals surface area contributed by atoms with Crippen molar-refractivity contribution in [3.8, 4) is 0 Å². The number of ether oxygens (including phenoxy) is 2. The van der Waals surface area contributed by atoms with Crippen molar-refractivity contribution in [1.29, 1.82) is 0 Å². The Hall–Kier alpha value is -0.990. The van der Waals surface area contributed by atoms with E-state index in [0.717, 1.165) is 12.8 Å². The van der Waals surface area contributed by atoms with Crippen LogP contribution in [0.5, 0.6) is 0 Å². The molecule has 0 bridgehead atoms. The molecule has 0 saturated carbocycles. The van der Waals surface area contributed by atoms with Gasteiger partial charge in [-0.05, 0) is 6.42 Å². The maximum atomic E-state index is 12.1. The Labute approximate surface area is 199 Å². The molecule has 0 amide bonds. The fourth-order valence-corrected chi connectivity index (χ4v) is 3.91. The first kappa shape index (κ1) is 32.0. The van der Waals surface area contributed by atoms with Crippen LogP contribution in [0.15, 0.2) is 0 Å². The van der Waals surface area contributed by atoms with Gasteiger partial charge in [0.15, 0.2) is 6.10 Å². The maximum Gasteiger partial charge on any atom is 0.472 e. The van der Waals surface area contributed by atoms with Gasteiger partial charge < -0.3 is 20.1 Å². The summed E-state index contributed by atoms with van der Waals surface area (Å²) in [5, 5.41) is 0. The number of carbonyl (C=O) groups is 2. The summed E-state index contributed by atoms with van der Waals surface area (Å²) in [6.07, 6.45) is 13.7. The minimum Gasteiger partial charge on any atom is -0.462 e. The highest BCUT2D eigenvalue weighted by Gasteiger charge is 2.25. The monoisotopic (exact) mass is 495 g/mol. The fraction of sp³-hybridized carbons (Fsp3) is 0.913. The summed E-state index contributed by atoms with van der Waals surface area (Å²) in [5.41, 5.74) is 5.23. The van der Waals surface area contributed by atoms with Crippen LogP contribution in [-0.4, -0.2) is 49.3 Å². The number of phosphoric ester groups is 1. The molecule has 0 aliphatic heterocycles. The van der Waals surface area contributed by atoms with Crippen LogP contribution in [0.1, 0.15) is 104 Å². The van der Waals surface area contributed by atoms with Crippen LogP contribution in [0.25, 0.3) is 0 Å². The third kappa shape index (κ3) is 21.3. The Kier molecular flexibility index (Phi) is 20.9. The number of carbonyl (C=O) groups excluding carboxylic acids is 2. The fourth-order valence-electron chi connectivity index (χ4n) is 3.14. The molecule has 0 fully saturated rings. The summed E-state index contributed by atoms with van der Waals surface area (Å²) >= 11 is 0. The van der Waals surface area contributed by atoms with Crippen LogP contribution in [0.3, 0.4) is 0 Å². The molecule has 9 nitrogen and oxygen atoms in total. The Morgan fingerprint density at radius 1 is 0.818 bits per heavy atom. The molecule has 0 rings (SSSR count). The van der Waals surface area contributed by atoms with Crippen LogP contribution in [0, 0.1) is 0 Å². The normalized spacial score (nSPS) is 13.9. The van der Waals surface area contributed by atoms with Crippen molar-refractivity contribution in [3.63, 3.8) is 0 Å². The Bertz CT molecular complexity index is 547. The molecule has 0 aliphatic carbocycles. The molecular formula is C23H46NO8P. The molecule has 196 valence electrons. The molecule has 3 N–H and O–H groups in total. The molecule has 0 saturated heterocycles. The standard InChI is InChI=1S/C23H46NO8P/c1-3-5-6-7-8-9-10-11-12-13-14-15-16-23(26)32-21(19-29-22(25)4-2)20-31-33(27,28)30-18-17-24/h21H,3-20,24H2,1-2H3,(H,27,28). The molecule has 2 unspecified atom stereocenters. The van der Waals surface area contributed by atoms with Gasteiger partial charge in [-0.15, -0.1) is 0 Å². The lowest BCUT2D eigenvalue weighted by atomic mass is 10.0. The van der Waals surface area contributed by atoms with Crippen LogP contribution in [0.4, 0.5) is 0 Å². The SMILES string of the molecule is CCCCCCCCCCCCCCC(=O)OC(COC(=O)CC)COP(=O)(O)OCCN. The Morgan fingerprint density at radius 2 is 1.36 bits per heavy atom. The molecule has 0 aliphatic rings. The first-order valence-electron chi connectivity index (χ1n) is 12.5. The number of esters is 2. The van der Waals surface area contributed by atoms with E-state index in [-0.39, 0.29) is 32.6 Å².